The minimum Gasteiger partial charge on any atom is -0.490 e. The molecule has 110 valence electrons. The predicted molar refractivity (Wildman–Crippen MR) is 64.1 cm³/mol. The first-order valence-corrected chi connectivity index (χ1v) is 5.60. The van der Waals surface area contributed by atoms with Crippen molar-refractivity contribution in [2.45, 2.75) is 12.3 Å². The summed E-state index contributed by atoms with van der Waals surface area (Å²) < 4.78 is 47.2. The molecule has 4 nitrogen and oxygen atoms in total. The van der Waals surface area contributed by atoms with Crippen LogP contribution in [-0.2, 0) is 15.7 Å². The zero-order chi connectivity index (χ0) is 15.2. The summed E-state index contributed by atoms with van der Waals surface area (Å²) in [6.45, 7) is 2.40. The second-order valence-electron chi connectivity index (χ2n) is 3.78. The predicted octanol–water partition coefficient (Wildman–Crippen LogP) is 2.17. The summed E-state index contributed by atoms with van der Waals surface area (Å²) in [5, 5.41) is 8.96. The molecular formula is C13H13F3O4. The van der Waals surface area contributed by atoms with Gasteiger partial charge in [-0.15, -0.1) is 0 Å². The molecule has 7 heteroatoms. The Labute approximate surface area is 113 Å². The zero-order valence-electron chi connectivity index (χ0n) is 10.4. The van der Waals surface area contributed by atoms with Gasteiger partial charge in [0.15, 0.2) is 6.10 Å². The molecule has 0 bridgehead atoms. The number of benzene rings is 1. The van der Waals surface area contributed by atoms with Crippen molar-refractivity contribution in [3.8, 4) is 5.75 Å². The Bertz CT molecular complexity index is 471. The van der Waals surface area contributed by atoms with Crippen molar-refractivity contribution in [1.82, 2.24) is 0 Å². The Morgan fingerprint density at radius 1 is 1.45 bits per heavy atom. The van der Waals surface area contributed by atoms with E-state index in [4.69, 9.17) is 14.6 Å². The highest BCUT2D eigenvalue weighted by molar-refractivity contribution is 5.81. The topological polar surface area (TPSA) is 55.8 Å². The van der Waals surface area contributed by atoms with Crippen molar-refractivity contribution in [2.75, 3.05) is 13.2 Å². The average molecular weight is 290 g/mol. The third kappa shape index (κ3) is 4.93. The van der Waals surface area contributed by atoms with Crippen molar-refractivity contribution in [2.24, 2.45) is 0 Å². The van der Waals surface area contributed by atoms with Gasteiger partial charge in [-0.25, -0.2) is 4.79 Å². The van der Waals surface area contributed by atoms with Crippen molar-refractivity contribution >= 4 is 5.97 Å². The van der Waals surface area contributed by atoms with Gasteiger partial charge in [0.2, 0.25) is 0 Å². The monoisotopic (exact) mass is 290 g/mol. The minimum absolute atomic E-state index is 0.0343. The quantitative estimate of drug-likeness (QED) is 0.644. The normalized spacial score (nSPS) is 12.6. The van der Waals surface area contributed by atoms with E-state index in [1.54, 1.807) is 0 Å². The van der Waals surface area contributed by atoms with Crippen molar-refractivity contribution in [3.63, 3.8) is 0 Å². The van der Waals surface area contributed by atoms with Crippen LogP contribution in [0.4, 0.5) is 13.2 Å². The molecule has 20 heavy (non-hydrogen) atoms. The Balaban J connectivity index is 2.64. The number of alkyl halides is 3. The van der Waals surface area contributed by atoms with E-state index in [1.165, 1.54) is 12.1 Å². The number of hydrogen-bond donors (Lipinski definition) is 1. The lowest BCUT2D eigenvalue weighted by molar-refractivity contribution is -0.146. The number of rotatable bonds is 6. The van der Waals surface area contributed by atoms with Crippen LogP contribution in [0.2, 0.25) is 0 Å². The molecule has 1 N–H and O–H groups in total. The number of aliphatic hydroxyl groups is 1. The largest absolute Gasteiger partial charge is 0.490 e. The van der Waals surface area contributed by atoms with Gasteiger partial charge >= 0.3 is 12.1 Å². The second kappa shape index (κ2) is 6.95. The van der Waals surface area contributed by atoms with Gasteiger partial charge < -0.3 is 14.6 Å². The highest BCUT2D eigenvalue weighted by atomic mass is 19.4. The Morgan fingerprint density at radius 2 is 2.15 bits per heavy atom. The summed E-state index contributed by atoms with van der Waals surface area (Å²) in [5.74, 6) is -0.787. The van der Waals surface area contributed by atoms with E-state index in [9.17, 15) is 18.0 Å². The molecule has 0 aromatic heterocycles. The lowest BCUT2D eigenvalue weighted by atomic mass is 10.2. The highest BCUT2D eigenvalue weighted by Crippen LogP contribution is 2.31. The van der Waals surface area contributed by atoms with E-state index in [1.807, 2.05) is 0 Å². The Hall–Kier alpha value is -2.02. The lowest BCUT2D eigenvalue weighted by Gasteiger charge is -2.16. The standard InChI is InChI=1S/C13H13F3O4/c1-2-12(18)20-11(7-17)8-19-10-5-3-4-9(6-10)13(14,15)16/h2-6,11,17H,1,7-8H2. The SMILES string of the molecule is C=CC(=O)OC(CO)COc1cccc(C(F)(F)F)c1. The molecule has 0 spiro atoms. The zero-order valence-corrected chi connectivity index (χ0v) is 10.4. The molecule has 0 heterocycles. The third-order valence-corrected chi connectivity index (χ3v) is 2.25. The fourth-order valence-electron chi connectivity index (χ4n) is 1.29. The molecule has 1 aromatic rings. The number of ether oxygens (including phenoxy) is 2. The summed E-state index contributed by atoms with van der Waals surface area (Å²) in [6.07, 6.45) is -4.53. The van der Waals surface area contributed by atoms with Gasteiger partial charge in [-0.3, -0.25) is 0 Å². The number of carbonyl (C=O) groups excluding carboxylic acids is 1. The molecule has 0 aliphatic carbocycles. The molecule has 0 saturated heterocycles. The van der Waals surface area contributed by atoms with Crippen LogP contribution in [0, 0.1) is 0 Å². The maximum absolute atomic E-state index is 12.5. The van der Waals surface area contributed by atoms with Crippen molar-refractivity contribution in [3.05, 3.63) is 42.5 Å². The summed E-state index contributed by atoms with van der Waals surface area (Å²) in [7, 11) is 0. The molecule has 0 fully saturated rings. The molecule has 1 aromatic carbocycles. The van der Waals surface area contributed by atoms with Crippen LogP contribution < -0.4 is 4.74 Å². The minimum atomic E-state index is -4.47. The van der Waals surface area contributed by atoms with Gasteiger partial charge in [0.05, 0.1) is 12.2 Å². The molecule has 0 amide bonds. The molecule has 1 unspecified atom stereocenters. The van der Waals surface area contributed by atoms with E-state index in [0.717, 1.165) is 18.2 Å². The molecule has 0 saturated carbocycles. The number of carbonyl (C=O) groups is 1. The van der Waals surface area contributed by atoms with Crippen LogP contribution in [-0.4, -0.2) is 30.4 Å². The van der Waals surface area contributed by atoms with Crippen LogP contribution in [0.15, 0.2) is 36.9 Å². The summed E-state index contributed by atoms with van der Waals surface area (Å²) in [5.41, 5.74) is -0.848. The van der Waals surface area contributed by atoms with E-state index in [0.29, 0.717) is 0 Å². The number of esters is 1. The molecule has 1 rings (SSSR count). The average Bonchev–Trinajstić information content (AvgIpc) is 2.42. The fourth-order valence-corrected chi connectivity index (χ4v) is 1.29. The van der Waals surface area contributed by atoms with E-state index >= 15 is 0 Å². The van der Waals surface area contributed by atoms with Gasteiger partial charge in [-0.1, -0.05) is 12.6 Å². The Morgan fingerprint density at radius 3 is 2.70 bits per heavy atom. The first kappa shape index (κ1) is 16.0. The van der Waals surface area contributed by atoms with Gasteiger partial charge in [-0.05, 0) is 18.2 Å². The maximum atomic E-state index is 12.5. The van der Waals surface area contributed by atoms with Gasteiger partial charge in [0.25, 0.3) is 0 Å². The van der Waals surface area contributed by atoms with Gasteiger partial charge in [0.1, 0.15) is 12.4 Å². The number of hydrogen-bond acceptors (Lipinski definition) is 4. The first-order valence-electron chi connectivity index (χ1n) is 5.60. The second-order valence-corrected chi connectivity index (χ2v) is 3.78. The van der Waals surface area contributed by atoms with E-state index in [-0.39, 0.29) is 12.4 Å². The van der Waals surface area contributed by atoms with Crippen LogP contribution in [0.5, 0.6) is 5.75 Å². The van der Waals surface area contributed by atoms with Crippen LogP contribution in [0.1, 0.15) is 5.56 Å². The molecule has 0 aliphatic rings. The van der Waals surface area contributed by atoms with Crippen molar-refractivity contribution in [1.29, 1.82) is 0 Å². The highest BCUT2D eigenvalue weighted by Gasteiger charge is 2.30. The smallest absolute Gasteiger partial charge is 0.416 e. The summed E-state index contributed by atoms with van der Waals surface area (Å²) in [4.78, 5) is 10.9. The lowest BCUT2D eigenvalue weighted by Crippen LogP contribution is -2.27. The van der Waals surface area contributed by atoms with E-state index < -0.39 is 30.4 Å². The number of halogens is 3. The van der Waals surface area contributed by atoms with Crippen LogP contribution in [0.3, 0.4) is 0 Å². The molecule has 0 radical (unpaired) electrons. The molecule has 1 atom stereocenters. The summed E-state index contributed by atoms with van der Waals surface area (Å²) >= 11 is 0. The number of aliphatic hydroxyl groups excluding tert-OH is 1. The Kier molecular flexibility index (Phi) is 5.57. The first-order chi connectivity index (χ1) is 9.36. The van der Waals surface area contributed by atoms with Crippen molar-refractivity contribution < 1.29 is 32.5 Å². The van der Waals surface area contributed by atoms with Gasteiger partial charge in [-0.2, -0.15) is 13.2 Å². The maximum Gasteiger partial charge on any atom is 0.416 e. The van der Waals surface area contributed by atoms with Crippen LogP contribution in [0.25, 0.3) is 0 Å². The molecular weight excluding hydrogens is 277 g/mol. The summed E-state index contributed by atoms with van der Waals surface area (Å²) in [6, 6.07) is 4.26. The van der Waals surface area contributed by atoms with Gasteiger partial charge in [0, 0.05) is 6.08 Å². The third-order valence-electron chi connectivity index (χ3n) is 2.25. The van der Waals surface area contributed by atoms with E-state index in [2.05, 4.69) is 6.58 Å². The molecule has 0 aliphatic heterocycles. The van der Waals surface area contributed by atoms with Crippen LogP contribution >= 0.6 is 0 Å². The fraction of sp³-hybridized carbons (Fsp3) is 0.308.